The number of fused-ring (bicyclic) bond motifs is 1. The molecule has 0 saturated heterocycles. The molecule has 3 rings (SSSR count). The van der Waals surface area contributed by atoms with Crippen LogP contribution in [0.1, 0.15) is 19.3 Å². The minimum Gasteiger partial charge on any atom is -0.465 e. The number of hydrogen-bond donors (Lipinski definition) is 1. The molecule has 1 N–H and O–H groups in total. The molecule has 2 aromatic heterocycles. The van der Waals surface area contributed by atoms with Crippen LogP contribution < -0.4 is 5.32 Å². The van der Waals surface area contributed by atoms with Crippen LogP contribution in [-0.4, -0.2) is 19.0 Å². The molecule has 2 heterocycles. The molecule has 0 unspecified atom stereocenters. The molecule has 0 bridgehead atoms. The molecule has 0 atom stereocenters. The maximum atomic E-state index is 12.4. The number of anilines is 1. The van der Waals surface area contributed by atoms with Crippen molar-refractivity contribution in [1.29, 1.82) is 0 Å². The molecule has 22 heavy (non-hydrogen) atoms. The van der Waals surface area contributed by atoms with Crippen LogP contribution in [0.2, 0.25) is 0 Å². The Morgan fingerprint density at radius 1 is 1.14 bits per heavy atom. The van der Waals surface area contributed by atoms with Crippen molar-refractivity contribution in [1.82, 2.24) is 0 Å². The quantitative estimate of drug-likeness (QED) is 0.650. The summed E-state index contributed by atoms with van der Waals surface area (Å²) in [6.45, 7) is 0. The zero-order valence-electron chi connectivity index (χ0n) is 11.4. The van der Waals surface area contributed by atoms with Gasteiger partial charge in [-0.25, -0.2) is 4.79 Å². The van der Waals surface area contributed by atoms with Gasteiger partial charge in [-0.05, 0) is 34.1 Å². The standard InChI is InChI=1S/C15H10BrNO3S2/c1-20-15(19)13-12(8-4-2-3-5-9(8)22-13)17-14(18)10-6-7-11(16)21-10/h2-7H,1H3,(H,17,18). The number of thiophene rings is 2. The molecule has 4 nitrogen and oxygen atoms in total. The number of ether oxygens (including phenoxy) is 1. The number of amides is 1. The van der Waals surface area contributed by atoms with Crippen LogP contribution >= 0.6 is 38.6 Å². The summed E-state index contributed by atoms with van der Waals surface area (Å²) >= 11 is 5.97. The van der Waals surface area contributed by atoms with Gasteiger partial charge in [-0.15, -0.1) is 22.7 Å². The summed E-state index contributed by atoms with van der Waals surface area (Å²) in [6, 6.07) is 11.1. The number of carbonyl (C=O) groups excluding carboxylic acids is 2. The minimum atomic E-state index is -0.455. The van der Waals surface area contributed by atoms with Gasteiger partial charge in [-0.3, -0.25) is 4.79 Å². The number of nitrogens with one attached hydrogen (secondary N) is 1. The molecule has 7 heteroatoms. The number of halogens is 1. The first-order valence-corrected chi connectivity index (χ1v) is 8.69. The average Bonchev–Trinajstić information content (AvgIpc) is 3.11. The highest BCUT2D eigenvalue weighted by Gasteiger charge is 2.21. The van der Waals surface area contributed by atoms with E-state index in [1.54, 1.807) is 6.07 Å². The zero-order valence-corrected chi connectivity index (χ0v) is 14.6. The summed E-state index contributed by atoms with van der Waals surface area (Å²) in [5.74, 6) is -0.701. The molecule has 1 aromatic carbocycles. The van der Waals surface area contributed by atoms with E-state index in [9.17, 15) is 9.59 Å². The van der Waals surface area contributed by atoms with Gasteiger partial charge in [0.05, 0.1) is 21.5 Å². The molecule has 1 amide bonds. The van der Waals surface area contributed by atoms with Crippen LogP contribution in [-0.2, 0) is 4.74 Å². The Balaban J connectivity index is 2.04. The predicted molar refractivity (Wildman–Crippen MR) is 93.1 cm³/mol. The summed E-state index contributed by atoms with van der Waals surface area (Å²) in [6.07, 6.45) is 0. The van der Waals surface area contributed by atoms with Gasteiger partial charge in [-0.1, -0.05) is 18.2 Å². The van der Waals surface area contributed by atoms with Gasteiger partial charge >= 0.3 is 5.97 Å². The summed E-state index contributed by atoms with van der Waals surface area (Å²) in [5, 5.41) is 3.67. The summed E-state index contributed by atoms with van der Waals surface area (Å²) in [4.78, 5) is 25.3. The van der Waals surface area contributed by atoms with Crippen molar-refractivity contribution in [3.63, 3.8) is 0 Å². The number of esters is 1. The lowest BCUT2D eigenvalue weighted by Gasteiger charge is -2.05. The van der Waals surface area contributed by atoms with E-state index in [2.05, 4.69) is 21.2 Å². The third kappa shape index (κ3) is 2.79. The van der Waals surface area contributed by atoms with Crippen LogP contribution in [0.25, 0.3) is 10.1 Å². The van der Waals surface area contributed by atoms with Gasteiger partial charge in [0.2, 0.25) is 0 Å². The van der Waals surface area contributed by atoms with Crippen LogP contribution in [0, 0.1) is 0 Å². The van der Waals surface area contributed by atoms with Crippen molar-refractivity contribution in [2.24, 2.45) is 0 Å². The van der Waals surface area contributed by atoms with E-state index in [-0.39, 0.29) is 5.91 Å². The maximum absolute atomic E-state index is 12.4. The predicted octanol–water partition coefficient (Wildman–Crippen LogP) is 4.76. The SMILES string of the molecule is COC(=O)c1sc2ccccc2c1NC(=O)c1ccc(Br)s1. The second-order valence-electron chi connectivity index (χ2n) is 4.35. The average molecular weight is 396 g/mol. The van der Waals surface area contributed by atoms with E-state index >= 15 is 0 Å². The highest BCUT2D eigenvalue weighted by Crippen LogP contribution is 2.36. The lowest BCUT2D eigenvalue weighted by Crippen LogP contribution is -2.12. The van der Waals surface area contributed by atoms with Crippen LogP contribution in [0.15, 0.2) is 40.2 Å². The van der Waals surface area contributed by atoms with Gasteiger partial charge < -0.3 is 10.1 Å². The summed E-state index contributed by atoms with van der Waals surface area (Å²) < 4.78 is 6.61. The molecule has 112 valence electrons. The molecule has 0 saturated carbocycles. The highest BCUT2D eigenvalue weighted by atomic mass is 79.9. The fraction of sp³-hybridized carbons (Fsp3) is 0.0667. The van der Waals surface area contributed by atoms with Crippen molar-refractivity contribution in [3.8, 4) is 0 Å². The lowest BCUT2D eigenvalue weighted by atomic mass is 10.2. The number of benzene rings is 1. The van der Waals surface area contributed by atoms with E-state index in [1.165, 1.54) is 29.8 Å². The van der Waals surface area contributed by atoms with E-state index < -0.39 is 5.97 Å². The van der Waals surface area contributed by atoms with Gasteiger partial charge in [0, 0.05) is 10.1 Å². The van der Waals surface area contributed by atoms with Crippen LogP contribution in [0.5, 0.6) is 0 Å². The van der Waals surface area contributed by atoms with Gasteiger partial charge in [-0.2, -0.15) is 0 Å². The molecular formula is C15H10BrNO3S2. The second kappa shape index (κ2) is 6.20. The summed E-state index contributed by atoms with van der Waals surface area (Å²) in [5.41, 5.74) is 0.502. The number of hydrogen-bond acceptors (Lipinski definition) is 5. The van der Waals surface area contributed by atoms with Crippen molar-refractivity contribution in [2.45, 2.75) is 0 Å². The van der Waals surface area contributed by atoms with E-state index in [4.69, 9.17) is 4.74 Å². The minimum absolute atomic E-state index is 0.246. The third-order valence-corrected chi connectivity index (χ3v) is 5.78. The molecule has 0 radical (unpaired) electrons. The van der Waals surface area contributed by atoms with Crippen LogP contribution in [0.3, 0.4) is 0 Å². The first kappa shape index (κ1) is 15.2. The Morgan fingerprint density at radius 2 is 1.91 bits per heavy atom. The Morgan fingerprint density at radius 3 is 2.59 bits per heavy atom. The zero-order chi connectivity index (χ0) is 15.7. The highest BCUT2D eigenvalue weighted by molar-refractivity contribution is 9.11. The monoisotopic (exact) mass is 395 g/mol. The molecule has 0 spiro atoms. The molecule has 0 aliphatic carbocycles. The Bertz CT molecular complexity index is 869. The number of rotatable bonds is 3. The smallest absolute Gasteiger partial charge is 0.350 e. The molecular weight excluding hydrogens is 386 g/mol. The van der Waals surface area contributed by atoms with Crippen molar-refractivity contribution < 1.29 is 14.3 Å². The van der Waals surface area contributed by atoms with Gasteiger partial charge in [0.25, 0.3) is 5.91 Å². The molecule has 3 aromatic rings. The Labute approximate surface area is 142 Å². The fourth-order valence-electron chi connectivity index (χ4n) is 2.02. The molecule has 0 fully saturated rings. The normalized spacial score (nSPS) is 10.6. The fourth-order valence-corrected chi connectivity index (χ4v) is 4.38. The number of carbonyl (C=O) groups is 2. The lowest BCUT2D eigenvalue weighted by molar-refractivity contribution is 0.0607. The van der Waals surface area contributed by atoms with E-state index in [0.717, 1.165) is 13.9 Å². The topological polar surface area (TPSA) is 55.4 Å². The molecule has 0 aliphatic heterocycles. The largest absolute Gasteiger partial charge is 0.465 e. The first-order valence-electron chi connectivity index (χ1n) is 6.26. The van der Waals surface area contributed by atoms with Crippen molar-refractivity contribution in [3.05, 3.63) is 49.9 Å². The van der Waals surface area contributed by atoms with Gasteiger partial charge in [0.15, 0.2) is 0 Å². The maximum Gasteiger partial charge on any atom is 0.350 e. The first-order chi connectivity index (χ1) is 10.6. The van der Waals surface area contributed by atoms with E-state index in [0.29, 0.717) is 15.4 Å². The second-order valence-corrected chi connectivity index (χ2v) is 7.87. The summed E-state index contributed by atoms with van der Waals surface area (Å²) in [7, 11) is 1.33. The van der Waals surface area contributed by atoms with Crippen LogP contribution in [0.4, 0.5) is 5.69 Å². The van der Waals surface area contributed by atoms with Gasteiger partial charge in [0.1, 0.15) is 4.88 Å². The van der Waals surface area contributed by atoms with Crippen molar-refractivity contribution >= 4 is 66.3 Å². The number of methoxy groups -OCH3 is 1. The third-order valence-electron chi connectivity index (χ3n) is 3.00. The van der Waals surface area contributed by atoms with Crippen molar-refractivity contribution in [2.75, 3.05) is 12.4 Å². The Hall–Kier alpha value is -1.70. The van der Waals surface area contributed by atoms with E-state index in [1.807, 2.05) is 30.3 Å². The Kier molecular flexibility index (Phi) is 4.28. The molecule has 0 aliphatic rings.